The van der Waals surface area contributed by atoms with Gasteiger partial charge in [0, 0.05) is 30.7 Å². The molecule has 0 unspecified atom stereocenters. The third kappa shape index (κ3) is 2.72. The van der Waals surface area contributed by atoms with Crippen molar-refractivity contribution in [1.82, 2.24) is 9.13 Å². The predicted molar refractivity (Wildman–Crippen MR) is 76.1 cm³/mol. The van der Waals surface area contributed by atoms with Crippen LogP contribution in [0.5, 0.6) is 0 Å². The molecule has 2 N–H and O–H groups in total. The molecule has 0 spiro atoms. The third-order valence-corrected chi connectivity index (χ3v) is 3.66. The highest BCUT2D eigenvalue weighted by molar-refractivity contribution is 5.39. The molecule has 0 aliphatic heterocycles. The number of anilines is 1. The van der Waals surface area contributed by atoms with Gasteiger partial charge in [-0.3, -0.25) is 9.13 Å². The Morgan fingerprint density at radius 2 is 1.89 bits per heavy atom. The highest BCUT2D eigenvalue weighted by Crippen LogP contribution is 2.33. The Bertz CT molecular complexity index is 605. The number of imidazole rings is 1. The van der Waals surface area contributed by atoms with Gasteiger partial charge in [0.05, 0.1) is 0 Å². The summed E-state index contributed by atoms with van der Waals surface area (Å²) in [5.74, 6) is 0. The molecule has 0 saturated heterocycles. The molecule has 1 aromatic carbocycles. The molecule has 1 saturated carbocycles. The van der Waals surface area contributed by atoms with Crippen LogP contribution in [0.25, 0.3) is 0 Å². The Labute approximate surface area is 112 Å². The van der Waals surface area contributed by atoms with Gasteiger partial charge in [0.25, 0.3) is 0 Å². The van der Waals surface area contributed by atoms with Gasteiger partial charge in [0.2, 0.25) is 0 Å². The minimum Gasteiger partial charge on any atom is -0.399 e. The summed E-state index contributed by atoms with van der Waals surface area (Å²) in [6, 6.07) is 8.41. The third-order valence-electron chi connectivity index (χ3n) is 3.66. The van der Waals surface area contributed by atoms with Crippen molar-refractivity contribution < 1.29 is 0 Å². The first-order chi connectivity index (χ1) is 9.24. The van der Waals surface area contributed by atoms with Gasteiger partial charge in [-0.05, 0) is 43.4 Å². The maximum absolute atomic E-state index is 12.0. The molecule has 1 aromatic heterocycles. The lowest BCUT2D eigenvalue weighted by Crippen LogP contribution is -2.23. The van der Waals surface area contributed by atoms with Crippen LogP contribution in [0.15, 0.2) is 41.5 Å². The van der Waals surface area contributed by atoms with Crippen LogP contribution in [0.2, 0.25) is 0 Å². The summed E-state index contributed by atoms with van der Waals surface area (Å²) in [5.41, 5.74) is 7.85. The second-order valence-electron chi connectivity index (χ2n) is 5.26. The summed E-state index contributed by atoms with van der Waals surface area (Å²) >= 11 is 0. The first-order valence-corrected chi connectivity index (χ1v) is 6.86. The van der Waals surface area contributed by atoms with Gasteiger partial charge in [0.1, 0.15) is 0 Å². The molecule has 100 valence electrons. The average Bonchev–Trinajstić information content (AvgIpc) is 3.18. The number of aromatic nitrogens is 2. The summed E-state index contributed by atoms with van der Waals surface area (Å²) < 4.78 is 3.68. The van der Waals surface area contributed by atoms with E-state index in [1.807, 2.05) is 45.8 Å². The lowest BCUT2D eigenvalue weighted by molar-refractivity contribution is 0.592. The molecule has 0 bridgehead atoms. The van der Waals surface area contributed by atoms with Crippen molar-refractivity contribution in [2.75, 3.05) is 5.73 Å². The van der Waals surface area contributed by atoms with Gasteiger partial charge in [-0.25, -0.2) is 4.79 Å². The minimum absolute atomic E-state index is 0.139. The molecule has 4 nitrogen and oxygen atoms in total. The number of nitrogens with zero attached hydrogens (tertiary/aromatic N) is 2. The van der Waals surface area contributed by atoms with E-state index in [1.165, 1.54) is 5.56 Å². The van der Waals surface area contributed by atoms with Crippen molar-refractivity contribution in [1.29, 1.82) is 0 Å². The number of aryl methyl sites for hydroxylation is 2. The summed E-state index contributed by atoms with van der Waals surface area (Å²) in [6.45, 7) is 0.781. The molecule has 1 heterocycles. The second-order valence-corrected chi connectivity index (χ2v) is 5.26. The van der Waals surface area contributed by atoms with E-state index in [0.717, 1.165) is 37.9 Å². The molecule has 0 radical (unpaired) electrons. The van der Waals surface area contributed by atoms with Gasteiger partial charge in [0.15, 0.2) is 0 Å². The Hall–Kier alpha value is -1.97. The van der Waals surface area contributed by atoms with E-state index < -0.39 is 0 Å². The van der Waals surface area contributed by atoms with Crippen molar-refractivity contribution in [3.8, 4) is 0 Å². The zero-order chi connectivity index (χ0) is 13.2. The molecule has 0 atom stereocenters. The Morgan fingerprint density at radius 1 is 1.16 bits per heavy atom. The number of nitrogens with two attached hydrogens (primary N) is 1. The van der Waals surface area contributed by atoms with Gasteiger partial charge < -0.3 is 5.73 Å². The number of nitrogen functional groups attached to an aromatic ring is 1. The molecular formula is C15H19N3O. The van der Waals surface area contributed by atoms with Crippen LogP contribution in [0.1, 0.15) is 30.9 Å². The van der Waals surface area contributed by atoms with Crippen LogP contribution in [-0.2, 0) is 13.0 Å². The van der Waals surface area contributed by atoms with Crippen molar-refractivity contribution in [2.24, 2.45) is 0 Å². The largest absolute Gasteiger partial charge is 0.399 e. The molecule has 0 amide bonds. The molecule has 1 aliphatic carbocycles. The molecule has 1 fully saturated rings. The minimum atomic E-state index is 0.139. The van der Waals surface area contributed by atoms with Crippen molar-refractivity contribution in [3.05, 3.63) is 52.7 Å². The van der Waals surface area contributed by atoms with Crippen LogP contribution >= 0.6 is 0 Å². The van der Waals surface area contributed by atoms with Gasteiger partial charge in [-0.1, -0.05) is 12.1 Å². The predicted octanol–water partition coefficient (Wildman–Crippen LogP) is 2.20. The Kier molecular flexibility index (Phi) is 3.15. The van der Waals surface area contributed by atoms with E-state index in [9.17, 15) is 4.79 Å². The van der Waals surface area contributed by atoms with Crippen LogP contribution in [0, 0.1) is 0 Å². The van der Waals surface area contributed by atoms with E-state index in [0.29, 0.717) is 6.04 Å². The molecule has 19 heavy (non-hydrogen) atoms. The van der Waals surface area contributed by atoms with Gasteiger partial charge in [-0.2, -0.15) is 0 Å². The summed E-state index contributed by atoms with van der Waals surface area (Å²) in [7, 11) is 0. The van der Waals surface area contributed by atoms with Crippen LogP contribution in [-0.4, -0.2) is 9.13 Å². The maximum atomic E-state index is 12.0. The van der Waals surface area contributed by atoms with Gasteiger partial charge >= 0.3 is 5.69 Å². The van der Waals surface area contributed by atoms with E-state index in [4.69, 9.17) is 5.73 Å². The fourth-order valence-electron chi connectivity index (χ4n) is 2.37. The van der Waals surface area contributed by atoms with E-state index in [-0.39, 0.29) is 5.69 Å². The summed E-state index contributed by atoms with van der Waals surface area (Å²) in [4.78, 5) is 12.0. The fourth-order valence-corrected chi connectivity index (χ4v) is 2.37. The molecule has 2 aromatic rings. The van der Waals surface area contributed by atoms with E-state index in [2.05, 4.69) is 0 Å². The lowest BCUT2D eigenvalue weighted by atomic mass is 10.1. The quantitative estimate of drug-likeness (QED) is 0.835. The highest BCUT2D eigenvalue weighted by atomic mass is 16.1. The number of hydrogen-bond donors (Lipinski definition) is 1. The highest BCUT2D eigenvalue weighted by Gasteiger charge is 2.25. The number of benzene rings is 1. The van der Waals surface area contributed by atoms with Gasteiger partial charge in [-0.15, -0.1) is 0 Å². The molecular weight excluding hydrogens is 238 g/mol. The fraction of sp³-hybridized carbons (Fsp3) is 0.400. The zero-order valence-electron chi connectivity index (χ0n) is 11.0. The Morgan fingerprint density at radius 3 is 2.58 bits per heavy atom. The first-order valence-electron chi connectivity index (χ1n) is 6.86. The van der Waals surface area contributed by atoms with E-state index in [1.54, 1.807) is 0 Å². The smallest absolute Gasteiger partial charge is 0.328 e. The monoisotopic (exact) mass is 257 g/mol. The normalized spacial score (nSPS) is 14.7. The number of rotatable bonds is 5. The summed E-state index contributed by atoms with van der Waals surface area (Å²) in [5, 5.41) is 0. The lowest BCUT2D eigenvalue weighted by Gasteiger charge is -2.03. The zero-order valence-corrected chi connectivity index (χ0v) is 11.0. The molecule has 4 heteroatoms. The van der Waals surface area contributed by atoms with Crippen LogP contribution in [0.3, 0.4) is 0 Å². The van der Waals surface area contributed by atoms with Crippen LogP contribution in [0.4, 0.5) is 5.69 Å². The topological polar surface area (TPSA) is 52.9 Å². The maximum Gasteiger partial charge on any atom is 0.328 e. The first kappa shape index (κ1) is 12.1. The molecule has 1 aliphatic rings. The van der Waals surface area contributed by atoms with Crippen molar-refractivity contribution in [2.45, 2.75) is 38.3 Å². The van der Waals surface area contributed by atoms with E-state index >= 15 is 0 Å². The number of hydrogen-bond acceptors (Lipinski definition) is 2. The second kappa shape index (κ2) is 4.96. The van der Waals surface area contributed by atoms with Crippen LogP contribution < -0.4 is 11.4 Å². The Balaban J connectivity index is 1.57. The molecule has 3 rings (SSSR count). The van der Waals surface area contributed by atoms with Crippen molar-refractivity contribution in [3.63, 3.8) is 0 Å². The SMILES string of the molecule is Nc1ccc(CCCn2ccn(C3CC3)c2=O)cc1. The van der Waals surface area contributed by atoms with Crippen molar-refractivity contribution >= 4 is 5.69 Å². The average molecular weight is 257 g/mol. The standard InChI is InChI=1S/C15H19N3O/c16-13-5-3-12(4-6-13)2-1-9-17-10-11-18(15(17)19)14-7-8-14/h3-6,10-11,14H,1-2,7-9,16H2. The summed E-state index contributed by atoms with van der Waals surface area (Å²) in [6.07, 6.45) is 8.07.